The van der Waals surface area contributed by atoms with Gasteiger partial charge in [-0.25, -0.2) is 4.90 Å². The summed E-state index contributed by atoms with van der Waals surface area (Å²) in [5.74, 6) is -5.44. The van der Waals surface area contributed by atoms with E-state index in [1.54, 1.807) is 43.5 Å². The van der Waals surface area contributed by atoms with E-state index in [9.17, 15) is 51.3 Å². The molecule has 8 nitrogen and oxygen atoms in total. The summed E-state index contributed by atoms with van der Waals surface area (Å²) < 4.78 is 87.7. The largest absolute Gasteiger partial charge is 0.504 e. The fourth-order valence-electron chi connectivity index (χ4n) is 6.93. The normalized spacial score (nSPS) is 20.6. The van der Waals surface area contributed by atoms with E-state index in [1.807, 2.05) is 28.7 Å². The van der Waals surface area contributed by atoms with Crippen LogP contribution in [0.4, 0.5) is 32.0 Å². The molecule has 3 aromatic rings. The highest BCUT2D eigenvalue weighted by Gasteiger charge is 2.55. The predicted molar refractivity (Wildman–Crippen MR) is 183 cm³/mol. The molecule has 0 bridgehead atoms. The number of methoxy groups -OCH3 is 1. The number of amides is 2. The molecule has 15 heteroatoms. The summed E-state index contributed by atoms with van der Waals surface area (Å²) in [5, 5.41) is 32.6. The first-order valence-corrected chi connectivity index (χ1v) is 16.9. The maximum atomic E-state index is 13.8. The second-order valence-corrected chi connectivity index (χ2v) is 13.5. The Hall–Kier alpha value is -3.96. The van der Waals surface area contributed by atoms with Crippen LogP contribution in [0.3, 0.4) is 0 Å². The Morgan fingerprint density at radius 1 is 1.06 bits per heavy atom. The number of aliphatic hydroxyl groups is 2. The Morgan fingerprint density at radius 3 is 2.27 bits per heavy atom. The minimum Gasteiger partial charge on any atom is -0.504 e. The van der Waals surface area contributed by atoms with E-state index in [1.165, 1.54) is 7.11 Å². The number of allylic oxidation sites excluding steroid dienone is 2. The van der Waals surface area contributed by atoms with Crippen molar-refractivity contribution in [3.05, 3.63) is 91.8 Å². The number of carbonyl (C=O) groups excluding carboxylic acids is 2. The molecule has 2 aliphatic rings. The Balaban J connectivity index is 1.48. The zero-order valence-corrected chi connectivity index (χ0v) is 29.4. The van der Waals surface area contributed by atoms with Gasteiger partial charge in [0.05, 0.1) is 57.7 Å². The molecule has 2 aromatic carbocycles. The number of halogens is 7. The van der Waals surface area contributed by atoms with E-state index in [2.05, 4.69) is 4.98 Å². The smallest absolute Gasteiger partial charge is 0.416 e. The summed E-state index contributed by atoms with van der Waals surface area (Å²) in [4.78, 5) is 32.3. The molecule has 1 aliphatic heterocycles. The summed E-state index contributed by atoms with van der Waals surface area (Å²) in [6.07, 6.45) is -7.73. The van der Waals surface area contributed by atoms with Crippen LogP contribution in [-0.2, 0) is 21.9 Å². The van der Waals surface area contributed by atoms with E-state index >= 15 is 0 Å². The van der Waals surface area contributed by atoms with Crippen molar-refractivity contribution < 1.29 is 56.0 Å². The molecule has 0 spiro atoms. The van der Waals surface area contributed by atoms with Gasteiger partial charge in [0.15, 0.2) is 11.5 Å². The zero-order valence-electron chi connectivity index (χ0n) is 27.2. The number of carbonyl (C=O) groups is 2. The number of aromatic hydroxyl groups is 1. The van der Waals surface area contributed by atoms with Crippen molar-refractivity contribution in [1.29, 1.82) is 0 Å². The molecule has 0 saturated carbocycles. The minimum absolute atomic E-state index is 0.0258. The number of aliphatic hydroxyl groups excluding tert-OH is 2. The average Bonchev–Trinajstić information content (AvgIpc) is 3.34. The van der Waals surface area contributed by atoms with Crippen LogP contribution >= 0.6 is 22.6 Å². The number of fused-ring (bicyclic) bond motifs is 1. The molecule has 5 rings (SSSR count). The van der Waals surface area contributed by atoms with Crippen molar-refractivity contribution >= 4 is 51.7 Å². The predicted octanol–water partition coefficient (Wildman–Crippen LogP) is 7.64. The topological polar surface area (TPSA) is 120 Å². The molecule has 272 valence electrons. The van der Waals surface area contributed by atoms with Crippen LogP contribution in [0.15, 0.2) is 65.9 Å². The standard InChI is InChI=1S/C36H33F6IN2O6/c1-3-19-13-24-31(34(50)45(33(24)49)23-15-21(35(37,38)39)14-22(16-23)36(40,41)42)25(17-46)30(19)28(47)8-7-20(27-6-4-5-9-44-27)10-18-11-26(43)32(48)29(12-18)51-2/h4-6,9-12,14-16,24-25,28,31,46-48H,3,7-8,13,17H2,1-2H3/b20-10-/t24-,25+,28-,31-/m1/s1. The molecule has 0 unspecified atom stereocenters. The number of pyridine rings is 1. The average molecular weight is 831 g/mol. The number of hydrogen-bond donors (Lipinski definition) is 3. The molecular weight excluding hydrogens is 797 g/mol. The number of benzene rings is 2. The van der Waals surface area contributed by atoms with Crippen LogP contribution in [0.1, 0.15) is 55.0 Å². The summed E-state index contributed by atoms with van der Waals surface area (Å²) >= 11 is 1.97. The summed E-state index contributed by atoms with van der Waals surface area (Å²) in [7, 11) is 1.42. The highest BCUT2D eigenvalue weighted by molar-refractivity contribution is 14.1. The van der Waals surface area contributed by atoms with Gasteiger partial charge in [0, 0.05) is 12.1 Å². The lowest BCUT2D eigenvalue weighted by molar-refractivity contribution is -0.143. The second kappa shape index (κ2) is 14.9. The molecular formula is C36H33F6IN2O6. The molecule has 3 N–H and O–H groups in total. The highest BCUT2D eigenvalue weighted by Crippen LogP contribution is 2.49. The highest BCUT2D eigenvalue weighted by atomic mass is 127. The van der Waals surface area contributed by atoms with Crippen LogP contribution in [0.25, 0.3) is 11.6 Å². The van der Waals surface area contributed by atoms with Gasteiger partial charge >= 0.3 is 12.4 Å². The quantitative estimate of drug-likeness (QED) is 0.0832. The van der Waals surface area contributed by atoms with Crippen molar-refractivity contribution in [2.45, 2.75) is 51.1 Å². The zero-order chi connectivity index (χ0) is 37.4. The Kier molecular flexibility index (Phi) is 11.2. The molecule has 0 radical (unpaired) electrons. The molecule has 2 heterocycles. The van der Waals surface area contributed by atoms with Gasteiger partial charge < -0.3 is 20.1 Å². The van der Waals surface area contributed by atoms with Crippen LogP contribution < -0.4 is 9.64 Å². The van der Waals surface area contributed by atoms with Gasteiger partial charge in [0.2, 0.25) is 11.8 Å². The van der Waals surface area contributed by atoms with Crippen LogP contribution in [0.2, 0.25) is 0 Å². The summed E-state index contributed by atoms with van der Waals surface area (Å²) in [5.41, 5.74) is -1.41. The third-order valence-corrected chi connectivity index (χ3v) is 10.1. The van der Waals surface area contributed by atoms with Gasteiger partial charge in [-0.2, -0.15) is 26.3 Å². The number of alkyl halides is 6. The maximum absolute atomic E-state index is 13.8. The Morgan fingerprint density at radius 2 is 1.73 bits per heavy atom. The summed E-state index contributed by atoms with van der Waals surface area (Å²) in [6, 6.07) is 9.23. The lowest BCUT2D eigenvalue weighted by atomic mass is 9.67. The molecule has 51 heavy (non-hydrogen) atoms. The van der Waals surface area contributed by atoms with Gasteiger partial charge in [0.1, 0.15) is 0 Å². The maximum Gasteiger partial charge on any atom is 0.416 e. The van der Waals surface area contributed by atoms with Crippen molar-refractivity contribution in [2.24, 2.45) is 17.8 Å². The van der Waals surface area contributed by atoms with E-state index in [4.69, 9.17) is 4.74 Å². The van der Waals surface area contributed by atoms with Gasteiger partial charge in [-0.15, -0.1) is 0 Å². The van der Waals surface area contributed by atoms with Crippen molar-refractivity contribution in [3.8, 4) is 11.5 Å². The second-order valence-electron chi connectivity index (χ2n) is 12.3. The van der Waals surface area contributed by atoms with E-state index < -0.39 is 71.4 Å². The monoisotopic (exact) mass is 830 g/mol. The lowest BCUT2D eigenvalue weighted by Gasteiger charge is -2.36. The van der Waals surface area contributed by atoms with Gasteiger partial charge in [0.25, 0.3) is 0 Å². The first kappa shape index (κ1) is 38.3. The Bertz CT molecular complexity index is 1850. The van der Waals surface area contributed by atoms with Crippen LogP contribution in [0.5, 0.6) is 11.5 Å². The lowest BCUT2D eigenvalue weighted by Crippen LogP contribution is -2.39. The van der Waals surface area contributed by atoms with E-state index in [-0.39, 0.29) is 36.8 Å². The number of hydrogen-bond acceptors (Lipinski definition) is 7. The van der Waals surface area contributed by atoms with E-state index in [0.717, 1.165) is 0 Å². The fraction of sp³-hybridized carbons (Fsp3) is 0.361. The van der Waals surface area contributed by atoms with Gasteiger partial charge in [-0.1, -0.05) is 18.6 Å². The molecule has 1 aromatic heterocycles. The number of phenols is 1. The third-order valence-electron chi connectivity index (χ3n) is 9.29. The number of aromatic nitrogens is 1. The molecule has 4 atom stereocenters. The van der Waals surface area contributed by atoms with Crippen LogP contribution in [0, 0.1) is 21.3 Å². The number of ether oxygens (including phenoxy) is 1. The first-order chi connectivity index (χ1) is 24.0. The SMILES string of the molecule is CCC1=C([C@H](O)CC/C(=C/c2cc(I)c(O)c(OC)c2)c2ccccn2)[C@H](CO)[C@@H]2C(=O)N(c3cc(C(F)(F)F)cc(C(F)(F)F)c3)C(=O)[C@@H]2C1. The Labute approximate surface area is 302 Å². The van der Waals surface area contributed by atoms with Crippen molar-refractivity contribution in [3.63, 3.8) is 0 Å². The number of nitrogens with zero attached hydrogens (tertiary/aromatic N) is 2. The van der Waals surface area contributed by atoms with E-state index in [0.29, 0.717) is 55.0 Å². The van der Waals surface area contributed by atoms with Crippen molar-refractivity contribution in [2.75, 3.05) is 18.6 Å². The number of phenolic OH excluding ortho intramolecular Hbond substituents is 1. The molecule has 1 fully saturated rings. The van der Waals surface area contributed by atoms with Gasteiger partial charge in [-0.05, 0) is 114 Å². The number of anilines is 1. The third kappa shape index (κ3) is 7.79. The number of imide groups is 1. The minimum atomic E-state index is -5.20. The van der Waals surface area contributed by atoms with Crippen LogP contribution in [-0.4, -0.2) is 51.9 Å². The first-order valence-electron chi connectivity index (χ1n) is 15.9. The molecule has 2 amide bonds. The summed E-state index contributed by atoms with van der Waals surface area (Å²) in [6.45, 7) is 1.03. The fourth-order valence-corrected chi connectivity index (χ4v) is 7.55. The van der Waals surface area contributed by atoms with Crippen molar-refractivity contribution in [1.82, 2.24) is 4.98 Å². The molecule has 1 saturated heterocycles. The molecule has 1 aliphatic carbocycles. The number of rotatable bonds is 10. The van der Waals surface area contributed by atoms with Gasteiger partial charge in [-0.3, -0.25) is 14.6 Å².